The van der Waals surface area contributed by atoms with Crippen molar-refractivity contribution < 1.29 is 4.79 Å². The van der Waals surface area contributed by atoms with E-state index in [2.05, 4.69) is 10.3 Å². The number of hydrogen-bond donors (Lipinski definition) is 1. The molecule has 1 atom stereocenters. The highest BCUT2D eigenvalue weighted by molar-refractivity contribution is 5.99. The predicted molar refractivity (Wildman–Crippen MR) is 79.1 cm³/mol. The van der Waals surface area contributed by atoms with Crippen molar-refractivity contribution in [1.82, 2.24) is 15.0 Å². The van der Waals surface area contributed by atoms with Crippen molar-refractivity contribution in [2.45, 2.75) is 6.04 Å². The third kappa shape index (κ3) is 2.59. The highest BCUT2D eigenvalue weighted by atomic mass is 16.1. The molecule has 5 heteroatoms. The number of para-hydroxylation sites is 1. The van der Waals surface area contributed by atoms with Gasteiger partial charge in [-0.2, -0.15) is 0 Å². The molecule has 0 unspecified atom stereocenters. The zero-order chi connectivity index (χ0) is 14.7. The van der Waals surface area contributed by atoms with Crippen LogP contribution in [0.5, 0.6) is 0 Å². The Kier molecular flexibility index (Phi) is 3.57. The molecule has 0 aliphatic carbocycles. The van der Waals surface area contributed by atoms with E-state index in [0.29, 0.717) is 5.69 Å². The smallest absolute Gasteiger partial charge is 0.204 e. The summed E-state index contributed by atoms with van der Waals surface area (Å²) in [7, 11) is 0. The zero-order valence-electron chi connectivity index (χ0n) is 11.3. The Morgan fingerprint density at radius 1 is 1.00 bits per heavy atom. The molecule has 0 amide bonds. The molecule has 0 aliphatic heterocycles. The molecule has 3 rings (SSSR count). The Labute approximate surface area is 122 Å². The summed E-state index contributed by atoms with van der Waals surface area (Å²) in [6.45, 7) is 0. The standard InChI is InChI=1S/C16H14N4O/c17-15(12-7-3-1-4-8-12)16(21)14-11-18-19-20(14)13-9-5-2-6-10-13/h1-11,15H,17H2/t15-/m1/s1. The maximum atomic E-state index is 12.6. The molecule has 0 radical (unpaired) electrons. The molecule has 104 valence electrons. The molecule has 0 spiro atoms. The van der Waals surface area contributed by atoms with Gasteiger partial charge < -0.3 is 5.73 Å². The first kappa shape index (κ1) is 13.2. The second kappa shape index (κ2) is 5.68. The van der Waals surface area contributed by atoms with Gasteiger partial charge in [-0.1, -0.05) is 53.7 Å². The Hall–Kier alpha value is -2.79. The first-order valence-corrected chi connectivity index (χ1v) is 6.58. The molecular weight excluding hydrogens is 264 g/mol. The average Bonchev–Trinajstić information content (AvgIpc) is 3.04. The van der Waals surface area contributed by atoms with Gasteiger partial charge in [-0.05, 0) is 17.7 Å². The lowest BCUT2D eigenvalue weighted by atomic mass is 10.0. The van der Waals surface area contributed by atoms with Gasteiger partial charge in [0.25, 0.3) is 0 Å². The van der Waals surface area contributed by atoms with E-state index in [1.807, 2.05) is 60.7 Å². The topological polar surface area (TPSA) is 73.8 Å². The van der Waals surface area contributed by atoms with E-state index in [9.17, 15) is 4.79 Å². The number of hydrogen-bond acceptors (Lipinski definition) is 4. The van der Waals surface area contributed by atoms with Gasteiger partial charge in [0.15, 0.2) is 0 Å². The van der Waals surface area contributed by atoms with Crippen molar-refractivity contribution >= 4 is 5.78 Å². The van der Waals surface area contributed by atoms with Gasteiger partial charge in [-0.15, -0.1) is 5.10 Å². The molecule has 2 aromatic carbocycles. The van der Waals surface area contributed by atoms with Crippen molar-refractivity contribution in [2.24, 2.45) is 5.73 Å². The minimum Gasteiger partial charge on any atom is -0.317 e. The number of rotatable bonds is 4. The fraction of sp³-hybridized carbons (Fsp3) is 0.0625. The number of aromatic nitrogens is 3. The fourth-order valence-electron chi connectivity index (χ4n) is 2.13. The van der Waals surface area contributed by atoms with Crippen molar-refractivity contribution in [3.63, 3.8) is 0 Å². The lowest BCUT2D eigenvalue weighted by Gasteiger charge is -2.11. The third-order valence-electron chi connectivity index (χ3n) is 3.24. The van der Waals surface area contributed by atoms with E-state index in [0.717, 1.165) is 11.3 Å². The molecule has 2 N–H and O–H groups in total. The maximum absolute atomic E-state index is 12.6. The molecule has 0 fully saturated rings. The quantitative estimate of drug-likeness (QED) is 0.742. The molecule has 0 bridgehead atoms. The number of carbonyl (C=O) groups excluding carboxylic acids is 1. The van der Waals surface area contributed by atoms with E-state index >= 15 is 0 Å². The second-order valence-electron chi connectivity index (χ2n) is 4.62. The number of Topliss-reactive ketones (excluding diaryl/α,β-unsaturated/α-hetero) is 1. The molecule has 0 saturated carbocycles. The zero-order valence-corrected chi connectivity index (χ0v) is 11.3. The van der Waals surface area contributed by atoms with Crippen LogP contribution >= 0.6 is 0 Å². The average molecular weight is 278 g/mol. The summed E-state index contributed by atoms with van der Waals surface area (Å²) in [5, 5.41) is 7.81. The largest absolute Gasteiger partial charge is 0.317 e. The monoisotopic (exact) mass is 278 g/mol. The lowest BCUT2D eigenvalue weighted by Crippen LogP contribution is -2.23. The van der Waals surface area contributed by atoms with Gasteiger partial charge in [0.2, 0.25) is 5.78 Å². The van der Waals surface area contributed by atoms with E-state index in [1.54, 1.807) is 0 Å². The third-order valence-corrected chi connectivity index (χ3v) is 3.24. The van der Waals surface area contributed by atoms with Crippen LogP contribution in [0, 0.1) is 0 Å². The SMILES string of the molecule is N[C@@H](C(=O)c1cnnn1-c1ccccc1)c1ccccc1. The summed E-state index contributed by atoms with van der Waals surface area (Å²) in [6.07, 6.45) is 1.44. The number of benzene rings is 2. The Balaban J connectivity index is 1.95. The summed E-state index contributed by atoms with van der Waals surface area (Å²) in [5.41, 5.74) is 7.97. The van der Waals surface area contributed by atoms with Crippen LogP contribution in [0.4, 0.5) is 0 Å². The summed E-state index contributed by atoms with van der Waals surface area (Å²) in [4.78, 5) is 12.6. The first-order valence-electron chi connectivity index (χ1n) is 6.58. The summed E-state index contributed by atoms with van der Waals surface area (Å²) in [6, 6.07) is 17.9. The van der Waals surface area contributed by atoms with E-state index in [4.69, 9.17) is 5.73 Å². The summed E-state index contributed by atoms with van der Waals surface area (Å²) < 4.78 is 1.51. The van der Waals surface area contributed by atoms with E-state index < -0.39 is 6.04 Å². The lowest BCUT2D eigenvalue weighted by molar-refractivity contribution is 0.0953. The van der Waals surface area contributed by atoms with Crippen LogP contribution in [0.15, 0.2) is 66.9 Å². The summed E-state index contributed by atoms with van der Waals surface area (Å²) >= 11 is 0. The Morgan fingerprint density at radius 3 is 2.29 bits per heavy atom. The van der Waals surface area contributed by atoms with Crippen LogP contribution in [-0.4, -0.2) is 20.8 Å². The minimum absolute atomic E-state index is 0.213. The molecule has 3 aromatic rings. The first-order chi connectivity index (χ1) is 10.3. The fourth-order valence-corrected chi connectivity index (χ4v) is 2.13. The number of nitrogens with two attached hydrogens (primary N) is 1. The highest BCUT2D eigenvalue weighted by Gasteiger charge is 2.22. The summed E-state index contributed by atoms with van der Waals surface area (Å²) in [5.74, 6) is -0.213. The van der Waals surface area contributed by atoms with Crippen LogP contribution in [-0.2, 0) is 0 Å². The van der Waals surface area contributed by atoms with Crippen molar-refractivity contribution in [1.29, 1.82) is 0 Å². The van der Waals surface area contributed by atoms with Gasteiger partial charge in [0.05, 0.1) is 17.9 Å². The van der Waals surface area contributed by atoms with Gasteiger partial charge in [-0.25, -0.2) is 4.68 Å². The molecular formula is C16H14N4O. The van der Waals surface area contributed by atoms with Gasteiger partial charge in [0, 0.05) is 0 Å². The molecule has 1 heterocycles. The van der Waals surface area contributed by atoms with Crippen LogP contribution in [0.3, 0.4) is 0 Å². The van der Waals surface area contributed by atoms with Gasteiger partial charge >= 0.3 is 0 Å². The van der Waals surface area contributed by atoms with Crippen LogP contribution < -0.4 is 5.73 Å². The molecule has 1 aromatic heterocycles. The Bertz CT molecular complexity index is 737. The second-order valence-corrected chi connectivity index (χ2v) is 4.62. The van der Waals surface area contributed by atoms with E-state index in [1.165, 1.54) is 10.9 Å². The molecule has 5 nitrogen and oxygen atoms in total. The molecule has 0 saturated heterocycles. The van der Waals surface area contributed by atoms with Crippen molar-refractivity contribution in [2.75, 3.05) is 0 Å². The normalized spacial score (nSPS) is 12.0. The van der Waals surface area contributed by atoms with E-state index in [-0.39, 0.29) is 5.78 Å². The van der Waals surface area contributed by atoms with Crippen LogP contribution in [0.25, 0.3) is 5.69 Å². The van der Waals surface area contributed by atoms with Crippen molar-refractivity contribution in [3.05, 3.63) is 78.1 Å². The van der Waals surface area contributed by atoms with Crippen molar-refractivity contribution in [3.8, 4) is 5.69 Å². The molecule has 0 aliphatic rings. The van der Waals surface area contributed by atoms with Crippen LogP contribution in [0.2, 0.25) is 0 Å². The minimum atomic E-state index is -0.729. The molecule has 21 heavy (non-hydrogen) atoms. The highest BCUT2D eigenvalue weighted by Crippen LogP contribution is 2.17. The number of carbonyl (C=O) groups is 1. The number of ketones is 1. The van der Waals surface area contributed by atoms with Crippen LogP contribution in [0.1, 0.15) is 22.1 Å². The number of nitrogens with zero attached hydrogens (tertiary/aromatic N) is 3. The van der Waals surface area contributed by atoms with Gasteiger partial charge in [0.1, 0.15) is 5.69 Å². The maximum Gasteiger partial charge on any atom is 0.204 e. The van der Waals surface area contributed by atoms with Gasteiger partial charge in [-0.3, -0.25) is 4.79 Å². The Morgan fingerprint density at radius 2 is 1.62 bits per heavy atom. The predicted octanol–water partition coefficient (Wildman–Crippen LogP) is 2.15.